The number of hydrogen-bond acceptors (Lipinski definition) is 13. The number of nitrogens with one attached hydrogen (secondary N) is 3. The molecule has 88 heteroatoms. The standard InChI is InChI=1S/C48H24F72N4O12/c49-10(16(52,28(67,68)69)128-43(109,110)22(61,34(85,86)87)134-46(115,116)25(64,37(94,95)96)131-40(103,104)19(55,56)31(76,77)78)13(125)121-4-1-7-124(8-2-5-122-14(126)11(50)17(53,29(70,71)72)129-44(111,112)23(62,35(88,89)90)135-47(117,118)26(65,38(97,98)99)132-41(105,106)20(57,58)32(79,80)81)9-3-6-123-15(127)12(51)18(54,30(73,74)75)130-45(113,114)24(63,36(91,92)93)136-48(119,120)27(66,39(100,101)102)133-42(107,108)21(59,60)33(82,83)84/h10-12H,1-9H2,(H,121,125)(H,122,126)(H,123,127). The molecule has 0 saturated carbocycles. The molecule has 3 amide bonds. The summed E-state index contributed by atoms with van der Waals surface area (Å²) in [5, 5.41) is 0.757. The Hall–Kier alpha value is -7.03. The Morgan fingerprint density at radius 1 is 0.184 bits per heavy atom. The Bertz CT molecular complexity index is 3600. The van der Waals surface area contributed by atoms with Crippen LogP contribution in [0.25, 0.3) is 0 Å². The van der Waals surface area contributed by atoms with Gasteiger partial charge < -0.3 is 20.9 Å². The maximum absolute atomic E-state index is 15.3. The molecular weight excluding hydrogens is 2190 g/mol. The highest BCUT2D eigenvalue weighted by Gasteiger charge is 2.94. The first-order valence-corrected chi connectivity index (χ1v) is 30.7. The van der Waals surface area contributed by atoms with Gasteiger partial charge in [-0.2, -0.15) is 303 Å². The van der Waals surface area contributed by atoms with E-state index in [9.17, 15) is 291 Å². The summed E-state index contributed by atoms with van der Waals surface area (Å²) < 4.78 is 1010. The molecule has 812 valence electrons. The third kappa shape index (κ3) is 24.5. The molecule has 136 heavy (non-hydrogen) atoms. The zero-order valence-electron chi connectivity index (χ0n) is 60.2. The van der Waals surface area contributed by atoms with Crippen LogP contribution < -0.4 is 16.0 Å². The van der Waals surface area contributed by atoms with E-state index in [4.69, 9.17) is 0 Å². The fourth-order valence-corrected chi connectivity index (χ4v) is 7.81. The van der Waals surface area contributed by atoms with Gasteiger partial charge in [-0.3, -0.25) is 57.0 Å². The highest BCUT2D eigenvalue weighted by Crippen LogP contribution is 2.66. The quantitative estimate of drug-likeness (QED) is 0.0389. The predicted octanol–water partition coefficient (Wildman–Crippen LogP) is 21.0. The molecule has 0 heterocycles. The smallest absolute Gasteiger partial charge is 0.353 e. The van der Waals surface area contributed by atoms with Gasteiger partial charge >= 0.3 is 200 Å². The molecule has 0 aromatic rings. The molecule has 0 aliphatic heterocycles. The number of carbonyl (C=O) groups is 3. The van der Waals surface area contributed by atoms with E-state index >= 15 is 39.5 Å². The summed E-state index contributed by atoms with van der Waals surface area (Å²) in [7, 11) is 0. The summed E-state index contributed by atoms with van der Waals surface area (Å²) in [5.41, 5.74) is 0. The van der Waals surface area contributed by atoms with Crippen molar-refractivity contribution in [2.45, 2.75) is 237 Å². The van der Waals surface area contributed by atoms with Crippen molar-refractivity contribution in [2.75, 3.05) is 39.3 Å². The maximum atomic E-state index is 15.3. The topological polar surface area (TPSA) is 174 Å². The Labute approximate surface area is 689 Å². The summed E-state index contributed by atoms with van der Waals surface area (Å²) in [5.74, 6) is -119. The number of alkyl halides is 72. The summed E-state index contributed by atoms with van der Waals surface area (Å²) in [6.07, 6.45) is -212. The molecule has 12 unspecified atom stereocenters. The second-order valence-electron chi connectivity index (χ2n) is 24.6. The highest BCUT2D eigenvalue weighted by atomic mass is 19.5. The first kappa shape index (κ1) is 129. The molecule has 0 saturated heterocycles. The Kier molecular flexibility index (Phi) is 36.0. The lowest BCUT2D eigenvalue weighted by molar-refractivity contribution is -0.580. The number of amides is 3. The molecule has 0 aliphatic carbocycles. The van der Waals surface area contributed by atoms with Crippen LogP contribution in [0.3, 0.4) is 0 Å². The number of carbonyl (C=O) groups excluding carboxylic acids is 3. The van der Waals surface area contributed by atoms with Gasteiger partial charge in [0.05, 0.1) is 0 Å². The van der Waals surface area contributed by atoms with E-state index in [0.717, 1.165) is 28.4 Å². The lowest BCUT2D eigenvalue weighted by atomic mass is 10.1. The van der Waals surface area contributed by atoms with Crippen molar-refractivity contribution >= 4 is 17.7 Å². The van der Waals surface area contributed by atoms with Gasteiger partial charge in [0.2, 0.25) is 18.5 Å². The van der Waals surface area contributed by atoms with Crippen LogP contribution >= 0.6 is 0 Å². The molecule has 0 bridgehead atoms. The van der Waals surface area contributed by atoms with Crippen molar-refractivity contribution in [2.24, 2.45) is 0 Å². The average Bonchev–Trinajstić information content (AvgIpc) is 0.715. The van der Waals surface area contributed by atoms with Crippen LogP contribution in [-0.2, 0) is 57.0 Å². The molecule has 0 rings (SSSR count). The second kappa shape index (κ2) is 38.0. The van der Waals surface area contributed by atoms with Crippen LogP contribution in [0.1, 0.15) is 19.3 Å². The molecule has 3 N–H and O–H groups in total. The van der Waals surface area contributed by atoms with E-state index in [2.05, 4.69) is 0 Å². The molecule has 12 atom stereocenters. The van der Waals surface area contributed by atoms with Gasteiger partial charge in [-0.1, -0.05) is 0 Å². The van der Waals surface area contributed by atoms with Crippen molar-refractivity contribution in [3.8, 4) is 0 Å². The van der Waals surface area contributed by atoms with Crippen molar-refractivity contribution in [1.82, 2.24) is 20.9 Å². The lowest BCUT2D eigenvalue weighted by Gasteiger charge is -2.43. The number of halogens is 72. The van der Waals surface area contributed by atoms with Crippen LogP contribution in [0.5, 0.6) is 0 Å². The number of nitrogens with zero attached hydrogens (tertiary/aromatic N) is 1. The van der Waals surface area contributed by atoms with Crippen molar-refractivity contribution in [3.63, 3.8) is 0 Å². The Balaban J connectivity index is 8.30. The third-order valence-electron chi connectivity index (χ3n) is 14.7. The SMILES string of the molecule is O=C(NCCCN(CCCNC(=O)C(F)C(F)(OC(F)(F)C(F)(OC(F)(F)C(F)(OC(F)(F)C(F)(F)C(F)(F)F)C(F)(F)F)C(F)(F)F)C(F)(F)F)CCCNC(=O)C(F)C(F)(OC(F)(F)C(F)(OC(F)(F)C(F)(OC(F)(F)C(F)(F)C(F)(F)F)C(F)(F)F)C(F)(F)F)C(F)(F)F)C(F)C(F)(OC(F)(F)C(F)(OC(F)(F)C(F)(OC(F)(F)C(F)(F)C(F)(F)F)C(F)(F)F)C(F)(F)F)C(F)(F)F. The van der Waals surface area contributed by atoms with Gasteiger partial charge in [0, 0.05) is 19.6 Å². The minimum Gasteiger partial charge on any atom is -0.353 e. The van der Waals surface area contributed by atoms with Crippen molar-refractivity contribution < 1.29 is 373 Å². The molecule has 16 nitrogen and oxygen atoms in total. The van der Waals surface area contributed by atoms with Crippen LogP contribution in [0.4, 0.5) is 316 Å². The minimum atomic E-state index is -9.38. The molecular formula is C48H24F72N4O12. The lowest BCUT2D eigenvalue weighted by Crippen LogP contribution is -2.71. The van der Waals surface area contributed by atoms with Gasteiger partial charge in [-0.25, -0.2) is 13.2 Å². The van der Waals surface area contributed by atoms with Gasteiger partial charge in [0.1, 0.15) is 0 Å². The number of hydrogen-bond donors (Lipinski definition) is 3. The molecule has 0 radical (unpaired) electrons. The van der Waals surface area contributed by atoms with Gasteiger partial charge in [0.25, 0.3) is 17.7 Å². The van der Waals surface area contributed by atoms with Crippen LogP contribution in [0, 0.1) is 0 Å². The van der Waals surface area contributed by atoms with Gasteiger partial charge in [-0.05, 0) is 38.9 Å². The third-order valence-corrected chi connectivity index (χ3v) is 14.7. The minimum absolute atomic E-state index is 0.236. The summed E-state index contributed by atoms with van der Waals surface area (Å²) >= 11 is 0. The Morgan fingerprint density at radius 3 is 0.426 bits per heavy atom. The molecule has 0 aliphatic rings. The van der Waals surface area contributed by atoms with Crippen LogP contribution in [-0.4, -0.2) is 280 Å². The fourth-order valence-electron chi connectivity index (χ4n) is 7.81. The zero-order chi connectivity index (χ0) is 110. The number of rotatable bonds is 45. The second-order valence-corrected chi connectivity index (χ2v) is 24.6. The van der Waals surface area contributed by atoms with E-state index in [1.54, 1.807) is 0 Å². The predicted molar refractivity (Wildman–Crippen MR) is 260 cm³/mol. The molecule has 0 spiro atoms. The molecule has 0 aromatic carbocycles. The first-order valence-electron chi connectivity index (χ1n) is 30.7. The largest absolute Gasteiger partial charge is 0.462 e. The van der Waals surface area contributed by atoms with Crippen molar-refractivity contribution in [1.29, 1.82) is 0 Å². The van der Waals surface area contributed by atoms with Crippen molar-refractivity contribution in [3.05, 3.63) is 0 Å². The van der Waals surface area contributed by atoms with Gasteiger partial charge in [0.15, 0.2) is 0 Å². The maximum Gasteiger partial charge on any atom is 0.462 e. The van der Waals surface area contributed by atoms with Gasteiger partial charge in [-0.15, -0.1) is 0 Å². The normalized spacial score (nSPS) is 20.0. The molecule has 0 aromatic heterocycles. The summed E-state index contributed by atoms with van der Waals surface area (Å²) in [6, 6.07) is 0. The van der Waals surface area contributed by atoms with E-state index in [1.807, 2.05) is 0 Å². The zero-order valence-corrected chi connectivity index (χ0v) is 60.2. The van der Waals surface area contributed by atoms with E-state index in [-0.39, 0.29) is 20.9 Å². The number of ether oxygens (including phenoxy) is 9. The van der Waals surface area contributed by atoms with Crippen LogP contribution in [0.15, 0.2) is 0 Å². The first-order chi connectivity index (χ1) is 58.4. The average molecular weight is 2220 g/mol. The van der Waals surface area contributed by atoms with E-state index in [0.29, 0.717) is 0 Å². The van der Waals surface area contributed by atoms with E-state index < -0.39 is 294 Å². The Morgan fingerprint density at radius 2 is 0.309 bits per heavy atom. The summed E-state index contributed by atoms with van der Waals surface area (Å²) in [4.78, 5) is 36.8. The fraction of sp³-hybridized carbons (Fsp3) is 0.938. The van der Waals surface area contributed by atoms with Crippen LogP contribution in [0.2, 0.25) is 0 Å². The highest BCUT2D eigenvalue weighted by molar-refractivity contribution is 5.83. The summed E-state index contributed by atoms with van der Waals surface area (Å²) in [6.45, 7) is -12.8. The molecule has 0 fully saturated rings. The van der Waals surface area contributed by atoms with E-state index in [1.165, 1.54) is 14.2 Å². The monoisotopic (exact) mass is 2220 g/mol.